The van der Waals surface area contributed by atoms with Gasteiger partial charge in [-0.25, -0.2) is 0 Å². The normalized spacial score (nSPS) is 21.9. The van der Waals surface area contributed by atoms with Gasteiger partial charge in [0.15, 0.2) is 0 Å². The minimum Gasteiger partial charge on any atom is -0.387 e. The number of rotatable bonds is 4. The average molecular weight is 286 g/mol. The van der Waals surface area contributed by atoms with Crippen molar-refractivity contribution in [2.45, 2.75) is 31.4 Å². The van der Waals surface area contributed by atoms with Crippen LogP contribution >= 0.6 is 0 Å². The molecule has 2 atom stereocenters. The lowest BCUT2D eigenvalue weighted by atomic mass is 9.95. The van der Waals surface area contributed by atoms with Gasteiger partial charge in [0.25, 0.3) is 0 Å². The van der Waals surface area contributed by atoms with Gasteiger partial charge < -0.3 is 10.4 Å². The highest BCUT2D eigenvalue weighted by Gasteiger charge is 2.22. The van der Waals surface area contributed by atoms with Crippen LogP contribution in [0, 0.1) is 0 Å². The molecule has 1 fully saturated rings. The molecule has 0 radical (unpaired) electrons. The van der Waals surface area contributed by atoms with Crippen LogP contribution in [0.5, 0.6) is 0 Å². The van der Waals surface area contributed by atoms with Crippen LogP contribution in [0.25, 0.3) is 0 Å². The summed E-state index contributed by atoms with van der Waals surface area (Å²) in [5.74, 6) is 0. The quantitative estimate of drug-likeness (QED) is 0.621. The lowest BCUT2D eigenvalue weighted by Crippen LogP contribution is -2.38. The van der Waals surface area contributed by atoms with Crippen LogP contribution < -0.4 is 10.0 Å². The molecule has 2 unspecified atom stereocenters. The maximum absolute atomic E-state index is 10.7. The van der Waals surface area contributed by atoms with Gasteiger partial charge in [0.1, 0.15) is 0 Å². The summed E-state index contributed by atoms with van der Waals surface area (Å²) >= 11 is 0. The van der Waals surface area contributed by atoms with Gasteiger partial charge in [-0.3, -0.25) is 9.27 Å². The molecule has 7 heteroatoms. The third kappa shape index (κ3) is 4.17. The van der Waals surface area contributed by atoms with E-state index in [1.807, 2.05) is 4.72 Å². The molecule has 2 rings (SSSR count). The molecule has 106 valence electrons. The van der Waals surface area contributed by atoms with Crippen molar-refractivity contribution in [2.24, 2.45) is 0 Å². The molecule has 4 N–H and O–H groups in total. The van der Waals surface area contributed by atoms with E-state index < -0.39 is 16.4 Å². The Bertz CT molecular complexity index is 509. The first-order valence-electron chi connectivity index (χ1n) is 6.22. The second kappa shape index (κ2) is 5.87. The van der Waals surface area contributed by atoms with Crippen LogP contribution in [0.15, 0.2) is 24.3 Å². The van der Waals surface area contributed by atoms with E-state index in [2.05, 4.69) is 5.32 Å². The Kier molecular flexibility index (Phi) is 4.41. The Hall–Kier alpha value is -1.15. The number of nitrogens with one attached hydrogen (secondary N) is 2. The molecule has 0 aliphatic carbocycles. The van der Waals surface area contributed by atoms with Gasteiger partial charge >= 0.3 is 10.3 Å². The Balaban J connectivity index is 2.04. The van der Waals surface area contributed by atoms with Crippen molar-refractivity contribution in [3.63, 3.8) is 0 Å². The summed E-state index contributed by atoms with van der Waals surface area (Å²) in [6.45, 7) is 0.907. The molecule has 0 bridgehead atoms. The fourth-order valence-electron chi connectivity index (χ4n) is 2.28. The molecule has 0 spiro atoms. The van der Waals surface area contributed by atoms with Crippen molar-refractivity contribution in [3.8, 4) is 0 Å². The van der Waals surface area contributed by atoms with Gasteiger partial charge in [0.2, 0.25) is 0 Å². The Morgan fingerprint density at radius 2 is 1.95 bits per heavy atom. The van der Waals surface area contributed by atoms with Crippen LogP contribution in [0.4, 0.5) is 5.69 Å². The lowest BCUT2D eigenvalue weighted by molar-refractivity contribution is 0.114. The second-order valence-electron chi connectivity index (χ2n) is 4.70. The number of hydrogen-bond donors (Lipinski definition) is 4. The zero-order chi connectivity index (χ0) is 13.9. The molecular weight excluding hydrogens is 268 g/mol. The molecule has 19 heavy (non-hydrogen) atoms. The summed E-state index contributed by atoms with van der Waals surface area (Å²) in [7, 11) is -4.26. The minimum absolute atomic E-state index is 0.0362. The predicted molar refractivity (Wildman–Crippen MR) is 72.2 cm³/mol. The standard InChI is InChI=1S/C12H18N2O4S/c15-12(11-3-1-2-8-13-11)9-4-6-10(7-5-9)14-19(16,17)18/h4-7,11-15H,1-3,8H2,(H,16,17,18). The molecular formula is C12H18N2O4S. The van der Waals surface area contributed by atoms with Crippen LogP contribution in [0.2, 0.25) is 0 Å². The summed E-state index contributed by atoms with van der Waals surface area (Å²) in [5, 5.41) is 13.5. The average Bonchev–Trinajstić information content (AvgIpc) is 2.38. The zero-order valence-corrected chi connectivity index (χ0v) is 11.2. The van der Waals surface area contributed by atoms with Crippen LogP contribution in [0.3, 0.4) is 0 Å². The third-order valence-electron chi connectivity index (χ3n) is 3.23. The number of aliphatic hydroxyl groups is 1. The molecule has 1 aromatic rings. The molecule has 1 aromatic carbocycles. The summed E-state index contributed by atoms with van der Waals surface area (Å²) < 4.78 is 31.9. The van der Waals surface area contributed by atoms with E-state index in [4.69, 9.17) is 4.55 Å². The Morgan fingerprint density at radius 1 is 1.26 bits per heavy atom. The summed E-state index contributed by atoms with van der Waals surface area (Å²) in [4.78, 5) is 0. The van der Waals surface area contributed by atoms with E-state index in [1.54, 1.807) is 12.1 Å². The fraction of sp³-hybridized carbons (Fsp3) is 0.500. The van der Waals surface area contributed by atoms with Gasteiger partial charge in [0.05, 0.1) is 11.8 Å². The molecule has 0 aromatic heterocycles. The largest absolute Gasteiger partial charge is 0.387 e. The molecule has 0 saturated carbocycles. The minimum atomic E-state index is -4.26. The first-order valence-corrected chi connectivity index (χ1v) is 7.66. The molecule has 6 nitrogen and oxygen atoms in total. The number of hydrogen-bond acceptors (Lipinski definition) is 4. The van der Waals surface area contributed by atoms with E-state index in [-0.39, 0.29) is 11.7 Å². The molecule has 1 saturated heterocycles. The van der Waals surface area contributed by atoms with Gasteiger partial charge in [-0.2, -0.15) is 8.42 Å². The van der Waals surface area contributed by atoms with Crippen LogP contribution in [-0.4, -0.2) is 30.7 Å². The highest BCUT2D eigenvalue weighted by Crippen LogP contribution is 2.24. The first kappa shape index (κ1) is 14.3. The van der Waals surface area contributed by atoms with Crippen molar-refractivity contribution < 1.29 is 18.1 Å². The second-order valence-corrected chi connectivity index (χ2v) is 5.85. The molecule has 1 aliphatic rings. The van der Waals surface area contributed by atoms with E-state index in [1.165, 1.54) is 12.1 Å². The first-order chi connectivity index (χ1) is 8.96. The lowest BCUT2D eigenvalue weighted by Gasteiger charge is -2.28. The van der Waals surface area contributed by atoms with Gasteiger partial charge in [-0.15, -0.1) is 0 Å². The van der Waals surface area contributed by atoms with Gasteiger partial charge in [0, 0.05) is 6.04 Å². The fourth-order valence-corrected chi connectivity index (χ4v) is 2.71. The molecule has 0 amide bonds. The smallest absolute Gasteiger partial charge is 0.357 e. The van der Waals surface area contributed by atoms with Crippen molar-refractivity contribution in [1.82, 2.24) is 5.32 Å². The molecule has 1 aliphatic heterocycles. The molecule has 1 heterocycles. The van der Waals surface area contributed by atoms with Gasteiger partial charge in [-0.1, -0.05) is 18.6 Å². The maximum atomic E-state index is 10.7. The number of piperidine rings is 1. The van der Waals surface area contributed by atoms with Crippen molar-refractivity contribution >= 4 is 16.0 Å². The topological polar surface area (TPSA) is 98.7 Å². The monoisotopic (exact) mass is 286 g/mol. The van der Waals surface area contributed by atoms with E-state index in [0.717, 1.165) is 31.4 Å². The van der Waals surface area contributed by atoms with E-state index in [9.17, 15) is 13.5 Å². The van der Waals surface area contributed by atoms with Crippen molar-refractivity contribution in [3.05, 3.63) is 29.8 Å². The number of aliphatic hydroxyl groups excluding tert-OH is 1. The summed E-state index contributed by atoms with van der Waals surface area (Å²) in [6, 6.07) is 6.35. The summed E-state index contributed by atoms with van der Waals surface area (Å²) in [6.07, 6.45) is 2.53. The number of anilines is 1. The van der Waals surface area contributed by atoms with E-state index in [0.29, 0.717) is 0 Å². The van der Waals surface area contributed by atoms with Crippen LogP contribution in [-0.2, 0) is 10.3 Å². The predicted octanol–water partition coefficient (Wildman–Crippen LogP) is 1.08. The number of benzene rings is 1. The third-order valence-corrected chi connectivity index (χ3v) is 3.72. The SMILES string of the molecule is O=S(=O)(O)Nc1ccc(C(O)C2CCCCN2)cc1. The van der Waals surface area contributed by atoms with Crippen molar-refractivity contribution in [1.29, 1.82) is 0 Å². The van der Waals surface area contributed by atoms with E-state index >= 15 is 0 Å². The Labute approximate surface area is 112 Å². The highest BCUT2D eigenvalue weighted by atomic mass is 32.2. The summed E-state index contributed by atoms with van der Waals surface area (Å²) in [5.41, 5.74) is 0.982. The Morgan fingerprint density at radius 3 is 2.47 bits per heavy atom. The zero-order valence-electron chi connectivity index (χ0n) is 10.4. The van der Waals surface area contributed by atoms with Gasteiger partial charge in [-0.05, 0) is 37.1 Å². The van der Waals surface area contributed by atoms with Crippen molar-refractivity contribution in [2.75, 3.05) is 11.3 Å². The maximum Gasteiger partial charge on any atom is 0.357 e. The highest BCUT2D eigenvalue weighted by molar-refractivity contribution is 7.87. The van der Waals surface area contributed by atoms with Crippen LogP contribution in [0.1, 0.15) is 30.9 Å².